The Labute approximate surface area is 143 Å². The number of hydrogen-bond acceptors (Lipinski definition) is 5. The van der Waals surface area contributed by atoms with Gasteiger partial charge in [0, 0.05) is 35.4 Å². The Morgan fingerprint density at radius 3 is 2.83 bits per heavy atom. The summed E-state index contributed by atoms with van der Waals surface area (Å²) in [4.78, 5) is 4.27. The van der Waals surface area contributed by atoms with Crippen LogP contribution in [0.25, 0.3) is 10.9 Å². The van der Waals surface area contributed by atoms with Gasteiger partial charge >= 0.3 is 0 Å². The third-order valence-corrected chi connectivity index (χ3v) is 6.29. The Balaban J connectivity index is 1.63. The average Bonchev–Trinajstić information content (AvgIpc) is 3.06. The Hall–Kier alpha value is -1.67. The third kappa shape index (κ3) is 3.81. The molecule has 0 bridgehead atoms. The van der Waals surface area contributed by atoms with Gasteiger partial charge in [-0.25, -0.2) is 13.1 Å². The highest BCUT2D eigenvalue weighted by Gasteiger charge is 2.13. The van der Waals surface area contributed by atoms with Crippen molar-refractivity contribution in [2.45, 2.75) is 4.21 Å². The van der Waals surface area contributed by atoms with E-state index in [1.54, 1.807) is 35.8 Å². The highest BCUT2D eigenvalue weighted by Crippen LogP contribution is 2.24. The maximum atomic E-state index is 12.0. The molecule has 2 heterocycles. The SMILES string of the molecule is O=S(=O)(NCCNc1ccnc2cc(Cl)ccc12)c1cccs1. The molecule has 0 fully saturated rings. The maximum absolute atomic E-state index is 12.0. The molecule has 0 saturated heterocycles. The van der Waals surface area contributed by atoms with Crippen LogP contribution >= 0.6 is 22.9 Å². The molecule has 0 aliphatic heterocycles. The van der Waals surface area contributed by atoms with Crippen LogP contribution in [0.3, 0.4) is 0 Å². The average molecular weight is 368 g/mol. The fourth-order valence-corrected chi connectivity index (χ4v) is 4.38. The second kappa shape index (κ2) is 6.84. The first-order chi connectivity index (χ1) is 11.1. The molecule has 8 heteroatoms. The minimum atomic E-state index is -3.42. The fraction of sp³-hybridized carbons (Fsp3) is 0.133. The van der Waals surface area contributed by atoms with Gasteiger partial charge in [-0.15, -0.1) is 11.3 Å². The zero-order valence-electron chi connectivity index (χ0n) is 12.0. The first-order valence-corrected chi connectivity index (χ1v) is 9.62. The van der Waals surface area contributed by atoms with E-state index in [0.717, 1.165) is 16.6 Å². The van der Waals surface area contributed by atoms with Crippen molar-refractivity contribution in [3.8, 4) is 0 Å². The number of thiophene rings is 1. The van der Waals surface area contributed by atoms with Gasteiger partial charge < -0.3 is 5.32 Å². The van der Waals surface area contributed by atoms with Crippen LogP contribution < -0.4 is 10.0 Å². The summed E-state index contributed by atoms with van der Waals surface area (Å²) in [5.41, 5.74) is 1.68. The van der Waals surface area contributed by atoms with Gasteiger partial charge in [-0.1, -0.05) is 17.7 Å². The van der Waals surface area contributed by atoms with Gasteiger partial charge in [0.2, 0.25) is 10.0 Å². The van der Waals surface area contributed by atoms with Gasteiger partial charge in [0.25, 0.3) is 0 Å². The van der Waals surface area contributed by atoms with Crippen molar-refractivity contribution in [3.05, 3.63) is 53.0 Å². The number of nitrogens with one attached hydrogen (secondary N) is 2. The topological polar surface area (TPSA) is 71.1 Å². The molecule has 0 aliphatic carbocycles. The van der Waals surface area contributed by atoms with E-state index in [2.05, 4.69) is 15.0 Å². The van der Waals surface area contributed by atoms with Crippen LogP contribution in [0.15, 0.2) is 52.2 Å². The molecule has 5 nitrogen and oxygen atoms in total. The van der Waals surface area contributed by atoms with E-state index in [0.29, 0.717) is 15.8 Å². The quantitative estimate of drug-likeness (QED) is 0.655. The molecule has 0 spiro atoms. The van der Waals surface area contributed by atoms with Gasteiger partial charge in [0.1, 0.15) is 4.21 Å². The van der Waals surface area contributed by atoms with Gasteiger partial charge in [0.05, 0.1) is 5.52 Å². The highest BCUT2D eigenvalue weighted by atomic mass is 35.5. The minimum Gasteiger partial charge on any atom is -0.383 e. The highest BCUT2D eigenvalue weighted by molar-refractivity contribution is 7.91. The van der Waals surface area contributed by atoms with E-state index in [1.807, 2.05) is 12.1 Å². The van der Waals surface area contributed by atoms with Crippen molar-refractivity contribution in [1.82, 2.24) is 9.71 Å². The number of anilines is 1. The molecule has 0 radical (unpaired) electrons. The first kappa shape index (κ1) is 16.2. The molecule has 0 unspecified atom stereocenters. The van der Waals surface area contributed by atoms with E-state index in [9.17, 15) is 8.42 Å². The van der Waals surface area contributed by atoms with Crippen LogP contribution in [0.2, 0.25) is 5.02 Å². The van der Waals surface area contributed by atoms with Crippen molar-refractivity contribution in [1.29, 1.82) is 0 Å². The largest absolute Gasteiger partial charge is 0.383 e. The van der Waals surface area contributed by atoms with E-state index in [4.69, 9.17) is 11.6 Å². The van der Waals surface area contributed by atoms with Crippen LogP contribution in [-0.4, -0.2) is 26.5 Å². The lowest BCUT2D eigenvalue weighted by atomic mass is 10.2. The Bertz CT molecular complexity index is 912. The monoisotopic (exact) mass is 367 g/mol. The van der Waals surface area contributed by atoms with E-state index >= 15 is 0 Å². The van der Waals surface area contributed by atoms with E-state index < -0.39 is 10.0 Å². The van der Waals surface area contributed by atoms with Crippen molar-refractivity contribution >= 4 is 49.6 Å². The summed E-state index contributed by atoms with van der Waals surface area (Å²) in [5, 5.41) is 6.53. The Morgan fingerprint density at radius 2 is 2.04 bits per heavy atom. The molecule has 0 aliphatic rings. The number of fused-ring (bicyclic) bond motifs is 1. The maximum Gasteiger partial charge on any atom is 0.250 e. The van der Waals surface area contributed by atoms with Crippen LogP contribution in [0.1, 0.15) is 0 Å². The molecule has 3 rings (SSSR count). The second-order valence-corrected chi connectivity index (χ2v) is 8.15. The fourth-order valence-electron chi connectivity index (χ4n) is 2.15. The third-order valence-electron chi connectivity index (χ3n) is 3.20. The van der Waals surface area contributed by atoms with Crippen LogP contribution in [0, 0.1) is 0 Å². The molecule has 0 atom stereocenters. The molecule has 2 N–H and O–H groups in total. The molecular formula is C15H14ClN3O2S2. The predicted molar refractivity (Wildman–Crippen MR) is 94.8 cm³/mol. The predicted octanol–water partition coefficient (Wildman–Crippen LogP) is 3.34. The number of halogens is 1. The van der Waals surface area contributed by atoms with E-state index in [-0.39, 0.29) is 6.54 Å². The molecule has 0 amide bonds. The summed E-state index contributed by atoms with van der Waals surface area (Å²) in [5.74, 6) is 0. The van der Waals surface area contributed by atoms with Crippen LogP contribution in [0.5, 0.6) is 0 Å². The number of aromatic nitrogens is 1. The molecule has 3 aromatic rings. The summed E-state index contributed by atoms with van der Waals surface area (Å²) in [6.45, 7) is 0.754. The molecule has 120 valence electrons. The Kier molecular flexibility index (Phi) is 4.82. The van der Waals surface area contributed by atoms with Gasteiger partial charge in [-0.2, -0.15) is 0 Å². The van der Waals surface area contributed by atoms with Crippen molar-refractivity contribution in [2.75, 3.05) is 18.4 Å². The molecule has 23 heavy (non-hydrogen) atoms. The smallest absolute Gasteiger partial charge is 0.250 e. The van der Waals surface area contributed by atoms with Crippen molar-refractivity contribution in [3.63, 3.8) is 0 Å². The summed E-state index contributed by atoms with van der Waals surface area (Å²) >= 11 is 7.16. The number of hydrogen-bond donors (Lipinski definition) is 2. The summed E-state index contributed by atoms with van der Waals surface area (Å²) in [6, 6.07) is 10.6. The molecule has 0 saturated carbocycles. The normalized spacial score (nSPS) is 11.7. The van der Waals surface area contributed by atoms with Crippen molar-refractivity contribution < 1.29 is 8.42 Å². The zero-order chi connectivity index (χ0) is 16.3. The van der Waals surface area contributed by atoms with Gasteiger partial charge in [-0.3, -0.25) is 4.98 Å². The minimum absolute atomic E-state index is 0.289. The number of sulfonamides is 1. The van der Waals surface area contributed by atoms with Crippen LogP contribution in [0.4, 0.5) is 5.69 Å². The summed E-state index contributed by atoms with van der Waals surface area (Å²) in [7, 11) is -3.42. The van der Waals surface area contributed by atoms with E-state index in [1.165, 1.54) is 11.3 Å². The Morgan fingerprint density at radius 1 is 1.17 bits per heavy atom. The van der Waals surface area contributed by atoms with Crippen molar-refractivity contribution in [2.24, 2.45) is 0 Å². The first-order valence-electron chi connectivity index (χ1n) is 6.87. The molecular weight excluding hydrogens is 354 g/mol. The molecule has 2 aromatic heterocycles. The zero-order valence-corrected chi connectivity index (χ0v) is 14.4. The van der Waals surface area contributed by atoms with Gasteiger partial charge in [-0.05, 0) is 35.7 Å². The number of pyridine rings is 1. The van der Waals surface area contributed by atoms with Gasteiger partial charge in [0.15, 0.2) is 0 Å². The lowest BCUT2D eigenvalue weighted by Gasteiger charge is -2.10. The number of benzene rings is 1. The number of nitrogens with zero attached hydrogens (tertiary/aromatic N) is 1. The number of rotatable bonds is 6. The standard InChI is InChI=1S/C15H14ClN3O2S2/c16-11-3-4-12-13(5-6-17-14(12)10-11)18-7-8-19-23(20,21)15-2-1-9-22-15/h1-6,9-10,19H,7-8H2,(H,17,18). The second-order valence-electron chi connectivity index (χ2n) is 4.78. The lowest BCUT2D eigenvalue weighted by Crippen LogP contribution is -2.28. The molecule has 1 aromatic carbocycles. The summed E-state index contributed by atoms with van der Waals surface area (Å²) < 4.78 is 26.9. The van der Waals surface area contributed by atoms with Crippen LogP contribution in [-0.2, 0) is 10.0 Å². The summed E-state index contributed by atoms with van der Waals surface area (Å²) in [6.07, 6.45) is 1.69. The lowest BCUT2D eigenvalue weighted by molar-refractivity contribution is 0.585.